The van der Waals surface area contributed by atoms with Crippen molar-refractivity contribution in [2.75, 3.05) is 25.0 Å². The molecule has 0 radical (unpaired) electrons. The van der Waals surface area contributed by atoms with Crippen molar-refractivity contribution in [2.24, 2.45) is 0 Å². The Labute approximate surface area is 194 Å². The number of hydrogen-bond donors (Lipinski definition) is 1. The maximum atomic E-state index is 12.7. The second-order valence-corrected chi connectivity index (χ2v) is 9.11. The molecule has 8 heteroatoms. The molecule has 0 saturated carbocycles. The van der Waals surface area contributed by atoms with Crippen molar-refractivity contribution in [3.05, 3.63) is 90.0 Å². The summed E-state index contributed by atoms with van der Waals surface area (Å²) in [4.78, 5) is 24.9. The standard InChI is InChI=1S/C25H26N2O5S/c1-3-27(4-2)33(30,31)23-12-8-11-21(17-23)26-24(28)18-32-22-15-13-20(14-16-22)25(29)19-9-6-5-7-10-19/h5-17H,3-4,18H2,1-2H3,(H,26,28). The van der Waals surface area contributed by atoms with Crippen molar-refractivity contribution in [1.29, 1.82) is 0 Å². The lowest BCUT2D eigenvalue weighted by molar-refractivity contribution is -0.118. The molecule has 172 valence electrons. The topological polar surface area (TPSA) is 92.8 Å². The number of anilines is 1. The zero-order valence-electron chi connectivity index (χ0n) is 18.5. The predicted molar refractivity (Wildman–Crippen MR) is 127 cm³/mol. The van der Waals surface area contributed by atoms with Crippen molar-refractivity contribution in [3.63, 3.8) is 0 Å². The van der Waals surface area contributed by atoms with Crippen LogP contribution in [-0.2, 0) is 14.8 Å². The van der Waals surface area contributed by atoms with E-state index < -0.39 is 15.9 Å². The molecular formula is C25H26N2O5S. The molecule has 3 rings (SSSR count). The molecule has 0 bridgehead atoms. The van der Waals surface area contributed by atoms with Crippen LogP contribution >= 0.6 is 0 Å². The van der Waals surface area contributed by atoms with Gasteiger partial charge in [-0.2, -0.15) is 4.31 Å². The van der Waals surface area contributed by atoms with Gasteiger partial charge in [-0.05, 0) is 42.5 Å². The molecule has 7 nitrogen and oxygen atoms in total. The van der Waals surface area contributed by atoms with E-state index in [1.54, 1.807) is 74.5 Å². The summed E-state index contributed by atoms with van der Waals surface area (Å²) in [6, 6.07) is 21.6. The Hall–Kier alpha value is -3.49. The Morgan fingerprint density at radius 2 is 1.48 bits per heavy atom. The molecule has 0 spiro atoms. The van der Waals surface area contributed by atoms with Gasteiger partial charge in [-0.25, -0.2) is 8.42 Å². The summed E-state index contributed by atoms with van der Waals surface area (Å²) in [5, 5.41) is 2.65. The van der Waals surface area contributed by atoms with Crippen LogP contribution in [0.25, 0.3) is 0 Å². The van der Waals surface area contributed by atoms with Gasteiger partial charge in [0.25, 0.3) is 5.91 Å². The highest BCUT2D eigenvalue weighted by Gasteiger charge is 2.21. The van der Waals surface area contributed by atoms with Crippen LogP contribution in [0.1, 0.15) is 29.8 Å². The van der Waals surface area contributed by atoms with E-state index in [4.69, 9.17) is 4.74 Å². The van der Waals surface area contributed by atoms with E-state index in [1.165, 1.54) is 16.4 Å². The van der Waals surface area contributed by atoms with Gasteiger partial charge in [0.1, 0.15) is 5.75 Å². The minimum Gasteiger partial charge on any atom is -0.484 e. The minimum absolute atomic E-state index is 0.0977. The molecular weight excluding hydrogens is 440 g/mol. The minimum atomic E-state index is -3.62. The maximum absolute atomic E-state index is 12.7. The molecule has 0 aromatic heterocycles. The molecule has 1 amide bonds. The normalized spacial score (nSPS) is 11.2. The molecule has 3 aromatic rings. The first kappa shape index (κ1) is 24.2. The molecule has 0 atom stereocenters. The predicted octanol–water partition coefficient (Wildman–Crippen LogP) is 3.97. The van der Waals surface area contributed by atoms with Gasteiger partial charge < -0.3 is 10.1 Å². The Morgan fingerprint density at radius 1 is 0.848 bits per heavy atom. The first-order chi connectivity index (χ1) is 15.8. The molecule has 33 heavy (non-hydrogen) atoms. The number of benzene rings is 3. The summed E-state index contributed by atoms with van der Waals surface area (Å²) < 4.78 is 32.2. The highest BCUT2D eigenvalue weighted by atomic mass is 32.2. The van der Waals surface area contributed by atoms with E-state index in [-0.39, 0.29) is 17.3 Å². The number of carbonyl (C=O) groups excluding carboxylic acids is 2. The molecule has 0 saturated heterocycles. The molecule has 0 fully saturated rings. The van der Waals surface area contributed by atoms with Crippen LogP contribution in [-0.4, -0.2) is 44.1 Å². The summed E-state index contributed by atoms with van der Waals surface area (Å²) in [5.41, 5.74) is 1.47. The number of ether oxygens (including phenoxy) is 1. The zero-order valence-corrected chi connectivity index (χ0v) is 19.3. The molecule has 0 aliphatic rings. The van der Waals surface area contributed by atoms with Crippen LogP contribution < -0.4 is 10.1 Å². The zero-order chi connectivity index (χ0) is 23.8. The number of sulfonamides is 1. The van der Waals surface area contributed by atoms with E-state index >= 15 is 0 Å². The average Bonchev–Trinajstić information content (AvgIpc) is 2.84. The first-order valence-electron chi connectivity index (χ1n) is 10.6. The van der Waals surface area contributed by atoms with Crippen LogP contribution in [0.15, 0.2) is 83.8 Å². The number of ketones is 1. The second kappa shape index (κ2) is 10.9. The SMILES string of the molecule is CCN(CC)S(=O)(=O)c1cccc(NC(=O)COc2ccc(C(=O)c3ccccc3)cc2)c1. The van der Waals surface area contributed by atoms with Crippen molar-refractivity contribution < 1.29 is 22.7 Å². The monoisotopic (exact) mass is 466 g/mol. The molecule has 0 aliphatic heterocycles. The fraction of sp³-hybridized carbons (Fsp3) is 0.200. The molecule has 3 aromatic carbocycles. The van der Waals surface area contributed by atoms with Gasteiger partial charge in [0.2, 0.25) is 10.0 Å². The smallest absolute Gasteiger partial charge is 0.262 e. The van der Waals surface area contributed by atoms with E-state index in [9.17, 15) is 18.0 Å². The van der Waals surface area contributed by atoms with E-state index in [0.717, 1.165) is 0 Å². The van der Waals surface area contributed by atoms with Crippen molar-refractivity contribution in [3.8, 4) is 5.75 Å². The highest BCUT2D eigenvalue weighted by molar-refractivity contribution is 7.89. The van der Waals surface area contributed by atoms with E-state index in [1.807, 2.05) is 6.07 Å². The summed E-state index contributed by atoms with van der Waals surface area (Å²) >= 11 is 0. The number of nitrogens with one attached hydrogen (secondary N) is 1. The van der Waals surface area contributed by atoms with Gasteiger partial charge in [-0.1, -0.05) is 50.2 Å². The number of carbonyl (C=O) groups is 2. The van der Waals surface area contributed by atoms with Crippen molar-refractivity contribution in [1.82, 2.24) is 4.31 Å². The van der Waals surface area contributed by atoms with Gasteiger partial charge in [0.05, 0.1) is 4.90 Å². The van der Waals surface area contributed by atoms with E-state index in [2.05, 4.69) is 5.32 Å². The average molecular weight is 467 g/mol. The molecule has 0 aliphatic carbocycles. The fourth-order valence-electron chi connectivity index (χ4n) is 3.25. The number of hydrogen-bond acceptors (Lipinski definition) is 5. The van der Waals surface area contributed by atoms with E-state index in [0.29, 0.717) is 35.7 Å². The Bertz CT molecular complexity index is 1210. The lowest BCUT2D eigenvalue weighted by Gasteiger charge is -2.18. The van der Waals surface area contributed by atoms with Gasteiger partial charge in [-0.3, -0.25) is 9.59 Å². The maximum Gasteiger partial charge on any atom is 0.262 e. The number of nitrogens with zero attached hydrogens (tertiary/aromatic N) is 1. The quantitative estimate of drug-likeness (QED) is 0.457. The fourth-order valence-corrected chi connectivity index (χ4v) is 4.76. The summed E-state index contributed by atoms with van der Waals surface area (Å²) in [6.07, 6.45) is 0. The third-order valence-corrected chi connectivity index (χ3v) is 7.03. The van der Waals surface area contributed by atoms with Gasteiger partial charge in [0.15, 0.2) is 12.4 Å². The van der Waals surface area contributed by atoms with Crippen LogP contribution in [0, 0.1) is 0 Å². The third kappa shape index (κ3) is 6.06. The Morgan fingerprint density at radius 3 is 2.12 bits per heavy atom. The van der Waals surface area contributed by atoms with Crippen LogP contribution in [0.4, 0.5) is 5.69 Å². The Kier molecular flexibility index (Phi) is 7.97. The first-order valence-corrected chi connectivity index (χ1v) is 12.0. The third-order valence-electron chi connectivity index (χ3n) is 4.98. The highest BCUT2D eigenvalue weighted by Crippen LogP contribution is 2.20. The summed E-state index contributed by atoms with van der Waals surface area (Å²) in [6.45, 7) is 4.00. The van der Waals surface area contributed by atoms with Crippen LogP contribution in [0.5, 0.6) is 5.75 Å². The molecule has 1 N–H and O–H groups in total. The Balaban J connectivity index is 1.59. The largest absolute Gasteiger partial charge is 0.484 e. The second-order valence-electron chi connectivity index (χ2n) is 7.17. The van der Waals surface area contributed by atoms with Crippen molar-refractivity contribution >= 4 is 27.4 Å². The van der Waals surface area contributed by atoms with Crippen molar-refractivity contribution in [2.45, 2.75) is 18.7 Å². The number of amides is 1. The lowest BCUT2D eigenvalue weighted by Crippen LogP contribution is -2.30. The molecule has 0 unspecified atom stereocenters. The van der Waals surface area contributed by atoms with Gasteiger partial charge >= 0.3 is 0 Å². The van der Waals surface area contributed by atoms with Crippen LogP contribution in [0.3, 0.4) is 0 Å². The van der Waals surface area contributed by atoms with Gasteiger partial charge in [0, 0.05) is 29.9 Å². The summed E-state index contributed by atoms with van der Waals surface area (Å²) in [7, 11) is -3.62. The lowest BCUT2D eigenvalue weighted by atomic mass is 10.0. The van der Waals surface area contributed by atoms with Crippen LogP contribution in [0.2, 0.25) is 0 Å². The summed E-state index contributed by atoms with van der Waals surface area (Å²) in [5.74, 6) is -0.0936. The number of rotatable bonds is 10. The van der Waals surface area contributed by atoms with Gasteiger partial charge in [-0.15, -0.1) is 0 Å². The molecule has 0 heterocycles.